The van der Waals surface area contributed by atoms with Crippen LogP contribution in [0.15, 0.2) is 30.3 Å². The fourth-order valence-electron chi connectivity index (χ4n) is 5.52. The van der Waals surface area contributed by atoms with Crippen LogP contribution in [0.2, 0.25) is 0 Å². The van der Waals surface area contributed by atoms with Gasteiger partial charge in [-0.2, -0.15) is 0 Å². The van der Waals surface area contributed by atoms with E-state index >= 15 is 0 Å². The van der Waals surface area contributed by atoms with Crippen LogP contribution in [0.4, 0.5) is 0 Å². The molecule has 29 heavy (non-hydrogen) atoms. The van der Waals surface area contributed by atoms with Crippen molar-refractivity contribution in [1.29, 1.82) is 0 Å². The highest BCUT2D eigenvalue weighted by atomic mass is 16.7. The lowest BCUT2D eigenvalue weighted by Crippen LogP contribution is -2.50. The zero-order valence-corrected chi connectivity index (χ0v) is 18.0. The number of rotatable bonds is 6. The molecule has 1 aromatic carbocycles. The average Bonchev–Trinajstić information content (AvgIpc) is 3.30. The Hall–Kier alpha value is -1.43. The van der Waals surface area contributed by atoms with Crippen molar-refractivity contribution >= 4 is 5.91 Å². The molecule has 0 radical (unpaired) electrons. The molecule has 1 aliphatic heterocycles. The molecule has 3 fully saturated rings. The van der Waals surface area contributed by atoms with Crippen molar-refractivity contribution in [2.24, 2.45) is 5.41 Å². The Bertz CT molecular complexity index is 675. The van der Waals surface area contributed by atoms with Crippen LogP contribution in [0, 0.1) is 5.41 Å². The van der Waals surface area contributed by atoms with E-state index in [4.69, 9.17) is 9.47 Å². The summed E-state index contributed by atoms with van der Waals surface area (Å²) in [6.45, 7) is 7.40. The van der Waals surface area contributed by atoms with Gasteiger partial charge in [-0.1, -0.05) is 50.6 Å². The summed E-state index contributed by atoms with van der Waals surface area (Å²) in [5, 5.41) is 3.30. The van der Waals surface area contributed by atoms with Gasteiger partial charge in [0, 0.05) is 31.5 Å². The van der Waals surface area contributed by atoms with Crippen LogP contribution in [0.1, 0.15) is 64.4 Å². The van der Waals surface area contributed by atoms with Crippen LogP contribution < -0.4 is 5.32 Å². The van der Waals surface area contributed by atoms with Gasteiger partial charge in [0.1, 0.15) is 0 Å². The zero-order valence-electron chi connectivity index (χ0n) is 18.0. The summed E-state index contributed by atoms with van der Waals surface area (Å²) in [5.74, 6) is -0.216. The molecule has 4 rings (SSSR count). The van der Waals surface area contributed by atoms with Gasteiger partial charge in [0.05, 0.1) is 19.8 Å². The summed E-state index contributed by atoms with van der Waals surface area (Å²) in [4.78, 5) is 15.4. The minimum atomic E-state index is -0.367. The Morgan fingerprint density at radius 3 is 2.38 bits per heavy atom. The minimum Gasteiger partial charge on any atom is -0.352 e. The van der Waals surface area contributed by atoms with Crippen molar-refractivity contribution < 1.29 is 14.3 Å². The van der Waals surface area contributed by atoms with E-state index in [1.165, 1.54) is 24.8 Å². The molecule has 160 valence electrons. The largest absolute Gasteiger partial charge is 0.352 e. The third-order valence-corrected chi connectivity index (χ3v) is 7.14. The average molecular weight is 401 g/mol. The lowest BCUT2D eigenvalue weighted by Gasteiger charge is -2.38. The van der Waals surface area contributed by atoms with Gasteiger partial charge in [-0.3, -0.25) is 9.69 Å². The predicted octanol–water partition coefficient (Wildman–Crippen LogP) is 3.87. The second kappa shape index (κ2) is 8.75. The van der Waals surface area contributed by atoms with Gasteiger partial charge in [-0.15, -0.1) is 0 Å². The molecule has 1 N–H and O–H groups in total. The first-order valence-corrected chi connectivity index (χ1v) is 11.3. The molecular formula is C24H36N2O3. The summed E-state index contributed by atoms with van der Waals surface area (Å²) in [6, 6.07) is 11.2. The number of nitrogens with one attached hydrogen (secondary N) is 1. The quantitative estimate of drug-likeness (QED) is 0.788. The van der Waals surface area contributed by atoms with E-state index in [0.29, 0.717) is 25.8 Å². The summed E-state index contributed by atoms with van der Waals surface area (Å²) < 4.78 is 11.6. The fourth-order valence-corrected chi connectivity index (χ4v) is 5.52. The number of hydrogen-bond acceptors (Lipinski definition) is 4. The first-order valence-electron chi connectivity index (χ1n) is 11.3. The normalized spacial score (nSPS) is 26.2. The van der Waals surface area contributed by atoms with Gasteiger partial charge < -0.3 is 14.8 Å². The van der Waals surface area contributed by atoms with Gasteiger partial charge >= 0.3 is 0 Å². The molecule has 1 amide bonds. The minimum absolute atomic E-state index is 0.151. The lowest BCUT2D eigenvalue weighted by atomic mass is 9.86. The van der Waals surface area contributed by atoms with Crippen LogP contribution in [0.5, 0.6) is 0 Å². The van der Waals surface area contributed by atoms with E-state index in [1.807, 2.05) is 6.07 Å². The van der Waals surface area contributed by atoms with E-state index < -0.39 is 0 Å². The van der Waals surface area contributed by atoms with E-state index in [1.54, 1.807) is 0 Å². The Balaban J connectivity index is 1.36. The lowest BCUT2D eigenvalue weighted by molar-refractivity contribution is -0.180. The number of nitrogens with zero attached hydrogens (tertiary/aromatic N) is 1. The van der Waals surface area contributed by atoms with Crippen LogP contribution in [0.3, 0.4) is 0 Å². The summed E-state index contributed by atoms with van der Waals surface area (Å²) in [6.07, 6.45) is 7.26. The van der Waals surface area contributed by atoms with Crippen molar-refractivity contribution in [2.75, 3.05) is 19.8 Å². The Morgan fingerprint density at radius 1 is 1.07 bits per heavy atom. The molecule has 0 aromatic heterocycles. The topological polar surface area (TPSA) is 50.8 Å². The Labute approximate surface area is 175 Å². The molecule has 5 nitrogen and oxygen atoms in total. The highest BCUT2D eigenvalue weighted by Gasteiger charge is 2.41. The molecule has 1 heterocycles. The Kier molecular flexibility index (Phi) is 6.28. The molecule has 5 heteroatoms. The van der Waals surface area contributed by atoms with E-state index in [-0.39, 0.29) is 23.2 Å². The van der Waals surface area contributed by atoms with Crippen molar-refractivity contribution in [2.45, 2.75) is 83.2 Å². The summed E-state index contributed by atoms with van der Waals surface area (Å²) in [7, 11) is 0. The van der Waals surface area contributed by atoms with Crippen molar-refractivity contribution in [1.82, 2.24) is 10.2 Å². The Morgan fingerprint density at radius 2 is 1.76 bits per heavy atom. The van der Waals surface area contributed by atoms with Crippen LogP contribution in [-0.4, -0.2) is 48.4 Å². The van der Waals surface area contributed by atoms with Gasteiger partial charge in [0.2, 0.25) is 5.91 Å². The third kappa shape index (κ3) is 5.01. The predicted molar refractivity (Wildman–Crippen MR) is 113 cm³/mol. The van der Waals surface area contributed by atoms with Crippen molar-refractivity contribution in [3.8, 4) is 0 Å². The number of carbonyl (C=O) groups is 1. The third-order valence-electron chi connectivity index (χ3n) is 7.14. The first-order chi connectivity index (χ1) is 14.0. The van der Waals surface area contributed by atoms with Gasteiger partial charge in [-0.25, -0.2) is 0 Å². The summed E-state index contributed by atoms with van der Waals surface area (Å²) in [5.41, 5.74) is 1.53. The molecule has 1 saturated heterocycles. The molecule has 1 spiro atoms. The number of benzene rings is 1. The van der Waals surface area contributed by atoms with E-state index in [9.17, 15) is 4.79 Å². The smallest absolute Gasteiger partial charge is 0.234 e. The highest BCUT2D eigenvalue weighted by molar-refractivity contribution is 5.78. The number of amides is 1. The van der Waals surface area contributed by atoms with Crippen LogP contribution >= 0.6 is 0 Å². The second-order valence-electron chi connectivity index (χ2n) is 9.74. The highest BCUT2D eigenvalue weighted by Crippen LogP contribution is 2.41. The van der Waals surface area contributed by atoms with E-state index in [2.05, 4.69) is 48.3 Å². The first kappa shape index (κ1) is 20.8. The molecule has 0 bridgehead atoms. The maximum Gasteiger partial charge on any atom is 0.234 e. The van der Waals surface area contributed by atoms with Gasteiger partial charge in [0.25, 0.3) is 0 Å². The zero-order chi connectivity index (χ0) is 20.3. The number of ether oxygens (including phenoxy) is 2. The fraction of sp³-hybridized carbons (Fsp3) is 0.708. The standard InChI is InChI=1S/C24H36N2O3/c1-23(2)12-6-9-21(23)26(17-19-7-4-3-5-8-19)18-22(27)25-20-10-13-24(14-11-20)28-15-16-29-24/h3-5,7-8,20-21H,6,9-18H2,1-2H3,(H,25,27)/t21-/m1/s1. The van der Waals surface area contributed by atoms with Gasteiger partial charge in [-0.05, 0) is 36.7 Å². The second-order valence-corrected chi connectivity index (χ2v) is 9.74. The monoisotopic (exact) mass is 400 g/mol. The number of carbonyl (C=O) groups excluding carboxylic acids is 1. The molecule has 1 aromatic rings. The molecular weight excluding hydrogens is 364 g/mol. The van der Waals surface area contributed by atoms with Gasteiger partial charge in [0.15, 0.2) is 5.79 Å². The van der Waals surface area contributed by atoms with Crippen LogP contribution in [-0.2, 0) is 20.8 Å². The van der Waals surface area contributed by atoms with Crippen molar-refractivity contribution in [3.05, 3.63) is 35.9 Å². The molecule has 3 aliphatic rings. The molecule has 1 atom stereocenters. The number of hydrogen-bond donors (Lipinski definition) is 1. The SMILES string of the molecule is CC1(C)CCC[C@H]1N(CC(=O)NC1CCC2(CC1)OCCO2)Cc1ccccc1. The molecule has 0 unspecified atom stereocenters. The van der Waals surface area contributed by atoms with Crippen molar-refractivity contribution in [3.63, 3.8) is 0 Å². The van der Waals surface area contributed by atoms with Crippen LogP contribution in [0.25, 0.3) is 0 Å². The maximum absolute atomic E-state index is 13.0. The summed E-state index contributed by atoms with van der Waals surface area (Å²) >= 11 is 0. The van der Waals surface area contributed by atoms with E-state index in [0.717, 1.165) is 32.2 Å². The molecule has 2 saturated carbocycles. The molecule has 2 aliphatic carbocycles. The maximum atomic E-state index is 13.0.